The quantitative estimate of drug-likeness (QED) is 0.770. The molecular weight excluding hydrogens is 359 g/mol. The van der Waals surface area contributed by atoms with E-state index in [9.17, 15) is 18.0 Å². The smallest absolute Gasteiger partial charge is 0.353 e. The summed E-state index contributed by atoms with van der Waals surface area (Å²) in [7, 11) is 0. The highest BCUT2D eigenvalue weighted by atomic mass is 19.4. The SMILES string of the molecule is Cc1nc(N2CCN(C(=O)C=Cc3cccnc3)CC2)cc(C(F)(F)F)n1. The normalized spacial score (nSPS) is 15.4. The summed E-state index contributed by atoms with van der Waals surface area (Å²) in [5, 5.41) is 0. The Hall–Kier alpha value is -2.97. The Labute approximate surface area is 154 Å². The average molecular weight is 377 g/mol. The van der Waals surface area contributed by atoms with Gasteiger partial charge in [0.1, 0.15) is 17.3 Å². The van der Waals surface area contributed by atoms with Crippen molar-refractivity contribution in [2.75, 3.05) is 31.1 Å². The summed E-state index contributed by atoms with van der Waals surface area (Å²) in [6.45, 7) is 3.05. The molecule has 1 fully saturated rings. The highest BCUT2D eigenvalue weighted by molar-refractivity contribution is 5.91. The summed E-state index contributed by atoms with van der Waals surface area (Å²) in [4.78, 5) is 27.2. The Morgan fingerprint density at radius 1 is 1.19 bits per heavy atom. The molecule has 0 bridgehead atoms. The molecule has 0 aliphatic carbocycles. The van der Waals surface area contributed by atoms with Gasteiger partial charge in [-0.15, -0.1) is 0 Å². The lowest BCUT2D eigenvalue weighted by molar-refractivity contribution is -0.141. The molecule has 6 nitrogen and oxygen atoms in total. The van der Waals surface area contributed by atoms with Gasteiger partial charge in [0.25, 0.3) is 0 Å². The average Bonchev–Trinajstić information content (AvgIpc) is 2.66. The van der Waals surface area contributed by atoms with E-state index in [-0.39, 0.29) is 17.5 Å². The van der Waals surface area contributed by atoms with Gasteiger partial charge in [0.15, 0.2) is 0 Å². The van der Waals surface area contributed by atoms with Crippen molar-refractivity contribution in [2.24, 2.45) is 0 Å². The Kier molecular flexibility index (Phi) is 5.38. The van der Waals surface area contributed by atoms with Crippen LogP contribution in [0.3, 0.4) is 0 Å². The number of rotatable bonds is 3. The number of hydrogen-bond acceptors (Lipinski definition) is 5. The van der Waals surface area contributed by atoms with Crippen LogP contribution in [0.5, 0.6) is 0 Å². The number of alkyl halides is 3. The van der Waals surface area contributed by atoms with E-state index in [1.54, 1.807) is 34.3 Å². The minimum atomic E-state index is -4.52. The van der Waals surface area contributed by atoms with E-state index in [1.165, 1.54) is 13.0 Å². The third kappa shape index (κ3) is 4.81. The molecule has 0 saturated carbocycles. The number of carbonyl (C=O) groups is 1. The molecule has 1 amide bonds. The number of piperazine rings is 1. The van der Waals surface area contributed by atoms with Gasteiger partial charge >= 0.3 is 6.18 Å². The number of aromatic nitrogens is 3. The van der Waals surface area contributed by atoms with Crippen LogP contribution in [0.15, 0.2) is 36.7 Å². The van der Waals surface area contributed by atoms with Crippen LogP contribution in [0, 0.1) is 6.92 Å². The molecule has 1 aliphatic rings. The molecule has 142 valence electrons. The molecule has 1 aliphatic heterocycles. The molecule has 2 aromatic rings. The molecule has 0 radical (unpaired) electrons. The molecule has 0 unspecified atom stereocenters. The number of carbonyl (C=O) groups excluding carboxylic acids is 1. The first kappa shape index (κ1) is 18.8. The molecule has 27 heavy (non-hydrogen) atoms. The van der Waals surface area contributed by atoms with Crippen molar-refractivity contribution in [3.05, 3.63) is 53.8 Å². The first-order valence-corrected chi connectivity index (χ1v) is 8.38. The molecule has 2 aromatic heterocycles. The minimum Gasteiger partial charge on any atom is -0.353 e. The first-order valence-electron chi connectivity index (χ1n) is 8.38. The van der Waals surface area contributed by atoms with Crippen molar-refractivity contribution in [1.82, 2.24) is 19.9 Å². The number of anilines is 1. The minimum absolute atomic E-state index is 0.0673. The van der Waals surface area contributed by atoms with Crippen molar-refractivity contribution in [2.45, 2.75) is 13.1 Å². The lowest BCUT2D eigenvalue weighted by Gasteiger charge is -2.35. The predicted molar refractivity (Wildman–Crippen MR) is 93.8 cm³/mol. The predicted octanol–water partition coefficient (Wildman–Crippen LogP) is 2.56. The van der Waals surface area contributed by atoms with E-state index in [2.05, 4.69) is 15.0 Å². The maximum Gasteiger partial charge on any atom is 0.433 e. The third-order valence-electron chi connectivity index (χ3n) is 4.13. The number of hydrogen-bond donors (Lipinski definition) is 0. The molecule has 0 aromatic carbocycles. The zero-order chi connectivity index (χ0) is 19.4. The molecule has 3 heterocycles. The van der Waals surface area contributed by atoms with Crippen LogP contribution >= 0.6 is 0 Å². The van der Waals surface area contributed by atoms with E-state index < -0.39 is 11.9 Å². The standard InChI is InChI=1S/C18H18F3N5O/c1-13-23-15(18(19,20)21)11-16(24-13)25-7-9-26(10-8-25)17(27)5-4-14-3-2-6-22-12-14/h2-6,11-12H,7-10H2,1H3. The summed E-state index contributed by atoms with van der Waals surface area (Å²) >= 11 is 0. The number of aryl methyl sites for hydroxylation is 1. The number of nitrogens with zero attached hydrogens (tertiary/aromatic N) is 5. The van der Waals surface area contributed by atoms with Crippen LogP contribution < -0.4 is 4.90 Å². The lowest BCUT2D eigenvalue weighted by Crippen LogP contribution is -2.48. The molecule has 0 atom stereocenters. The van der Waals surface area contributed by atoms with Crippen molar-refractivity contribution >= 4 is 17.8 Å². The maximum absolute atomic E-state index is 12.9. The van der Waals surface area contributed by atoms with Crippen molar-refractivity contribution in [3.63, 3.8) is 0 Å². The molecular formula is C18H18F3N5O. The van der Waals surface area contributed by atoms with Crippen LogP contribution in [-0.4, -0.2) is 51.9 Å². The maximum atomic E-state index is 12.9. The van der Waals surface area contributed by atoms with Crippen LogP contribution in [0.1, 0.15) is 17.1 Å². The molecule has 0 spiro atoms. The molecule has 0 N–H and O–H groups in total. The van der Waals surface area contributed by atoms with Gasteiger partial charge < -0.3 is 9.80 Å². The number of amides is 1. The van der Waals surface area contributed by atoms with E-state index in [0.29, 0.717) is 26.2 Å². The fourth-order valence-electron chi connectivity index (χ4n) is 2.76. The van der Waals surface area contributed by atoms with Crippen molar-refractivity contribution in [1.29, 1.82) is 0 Å². The highest BCUT2D eigenvalue weighted by Gasteiger charge is 2.34. The second-order valence-electron chi connectivity index (χ2n) is 6.09. The Morgan fingerprint density at radius 3 is 2.56 bits per heavy atom. The third-order valence-corrected chi connectivity index (χ3v) is 4.13. The fourth-order valence-corrected chi connectivity index (χ4v) is 2.76. The summed E-state index contributed by atoms with van der Waals surface area (Å²) in [6, 6.07) is 4.57. The summed E-state index contributed by atoms with van der Waals surface area (Å²) in [5.74, 6) is 0.152. The fraction of sp³-hybridized carbons (Fsp3) is 0.333. The highest BCUT2D eigenvalue weighted by Crippen LogP contribution is 2.29. The monoisotopic (exact) mass is 377 g/mol. The van der Waals surface area contributed by atoms with Crippen molar-refractivity contribution in [3.8, 4) is 0 Å². The van der Waals surface area contributed by atoms with Crippen LogP contribution in [0.25, 0.3) is 6.08 Å². The van der Waals surface area contributed by atoms with E-state index in [4.69, 9.17) is 0 Å². The van der Waals surface area contributed by atoms with Crippen LogP contribution in [0.2, 0.25) is 0 Å². The van der Waals surface area contributed by atoms with Gasteiger partial charge in [0.2, 0.25) is 5.91 Å². The van der Waals surface area contributed by atoms with Gasteiger partial charge in [-0.05, 0) is 24.6 Å². The van der Waals surface area contributed by atoms with Gasteiger partial charge in [-0.2, -0.15) is 13.2 Å². The Balaban J connectivity index is 1.63. The zero-order valence-corrected chi connectivity index (χ0v) is 14.6. The van der Waals surface area contributed by atoms with Gasteiger partial charge in [-0.25, -0.2) is 9.97 Å². The summed E-state index contributed by atoms with van der Waals surface area (Å²) in [5.41, 5.74) is -0.136. The molecule has 3 rings (SSSR count). The molecule has 1 saturated heterocycles. The first-order chi connectivity index (χ1) is 12.8. The van der Waals surface area contributed by atoms with E-state index in [1.807, 2.05) is 6.07 Å². The second-order valence-corrected chi connectivity index (χ2v) is 6.09. The van der Waals surface area contributed by atoms with E-state index >= 15 is 0 Å². The zero-order valence-electron chi connectivity index (χ0n) is 14.6. The van der Waals surface area contributed by atoms with Crippen molar-refractivity contribution < 1.29 is 18.0 Å². The van der Waals surface area contributed by atoms with E-state index in [0.717, 1.165) is 11.6 Å². The van der Waals surface area contributed by atoms with Gasteiger partial charge in [-0.3, -0.25) is 9.78 Å². The van der Waals surface area contributed by atoms with Gasteiger partial charge in [0, 0.05) is 50.7 Å². The lowest BCUT2D eigenvalue weighted by atomic mass is 10.2. The van der Waals surface area contributed by atoms with Crippen LogP contribution in [-0.2, 0) is 11.0 Å². The number of halogens is 3. The number of pyridine rings is 1. The summed E-state index contributed by atoms with van der Waals surface area (Å²) in [6.07, 6.45) is 1.94. The largest absolute Gasteiger partial charge is 0.433 e. The van der Waals surface area contributed by atoms with Gasteiger partial charge in [-0.1, -0.05) is 6.07 Å². The van der Waals surface area contributed by atoms with Gasteiger partial charge in [0.05, 0.1) is 0 Å². The Morgan fingerprint density at radius 2 is 1.93 bits per heavy atom. The topological polar surface area (TPSA) is 62.2 Å². The molecule has 9 heteroatoms. The second kappa shape index (κ2) is 7.73. The Bertz CT molecular complexity index is 831. The van der Waals surface area contributed by atoms with Crippen LogP contribution in [0.4, 0.5) is 19.0 Å². The summed E-state index contributed by atoms with van der Waals surface area (Å²) < 4.78 is 38.8.